The van der Waals surface area contributed by atoms with Crippen molar-refractivity contribution >= 4 is 65.8 Å². The van der Waals surface area contributed by atoms with E-state index in [0.717, 1.165) is 71.2 Å². The molecule has 6 heteroatoms. The highest BCUT2D eigenvalue weighted by Crippen LogP contribution is 2.45. The summed E-state index contributed by atoms with van der Waals surface area (Å²) in [6.07, 6.45) is 22.9. The monoisotopic (exact) mass is 890 g/mol. The molecule has 0 saturated heterocycles. The second-order valence-electron chi connectivity index (χ2n) is 17.6. The van der Waals surface area contributed by atoms with Gasteiger partial charge in [-0.1, -0.05) is 158 Å². The van der Waals surface area contributed by atoms with Crippen LogP contribution >= 0.6 is 22.7 Å². The van der Waals surface area contributed by atoms with Gasteiger partial charge in [0.25, 0.3) is 0 Å². The molecule has 2 atom stereocenters. The van der Waals surface area contributed by atoms with Crippen LogP contribution in [0.4, 0.5) is 0 Å². The molecule has 0 amide bonds. The van der Waals surface area contributed by atoms with Gasteiger partial charge in [0.05, 0.1) is 22.8 Å². The molecule has 0 radical (unpaired) electrons. The molecule has 0 saturated carbocycles. The van der Waals surface area contributed by atoms with Crippen LogP contribution in [-0.2, 0) is 13.1 Å². The van der Waals surface area contributed by atoms with Crippen LogP contribution < -0.4 is 0 Å². The maximum Gasteiger partial charge on any atom is 0.0730 e. The molecule has 4 aliphatic rings. The van der Waals surface area contributed by atoms with E-state index >= 15 is 0 Å². The first kappa shape index (κ1) is 41.9. The topological polar surface area (TPSA) is 32.3 Å². The molecule has 4 nitrogen and oxygen atoms in total. The van der Waals surface area contributed by atoms with Crippen molar-refractivity contribution in [3.05, 3.63) is 238 Å². The first-order valence-corrected chi connectivity index (χ1v) is 24.4. The number of thiophene rings is 2. The minimum atomic E-state index is 0.0634. The van der Waals surface area contributed by atoms with Gasteiger partial charge in [0, 0.05) is 79.1 Å². The average molecular weight is 891 g/mol. The summed E-state index contributed by atoms with van der Waals surface area (Å²) in [5.74, 6) is 0.127. The lowest BCUT2D eigenvalue weighted by Gasteiger charge is -2.22. The third-order valence-electron chi connectivity index (χ3n) is 12.8. The Labute approximate surface area is 395 Å². The zero-order valence-electron chi connectivity index (χ0n) is 37.2. The highest BCUT2D eigenvalue weighted by molar-refractivity contribution is 7.24. The van der Waals surface area contributed by atoms with Crippen LogP contribution in [0.5, 0.6) is 0 Å². The number of allylic oxidation sites excluding steroid dienone is 6. The van der Waals surface area contributed by atoms with Gasteiger partial charge in [0.15, 0.2) is 0 Å². The Morgan fingerprint density at radius 1 is 0.409 bits per heavy atom. The third kappa shape index (κ3) is 8.57. The summed E-state index contributed by atoms with van der Waals surface area (Å²) in [6.45, 7) is 3.44. The Morgan fingerprint density at radius 2 is 0.773 bits per heavy atom. The molecule has 4 aromatic carbocycles. The fourth-order valence-corrected chi connectivity index (χ4v) is 12.2. The SMILES string of the molecule is CN(CC1=CC=CC1c1c2nc(c(-c3ccccc3)c3ccc(s3)c(-c3ccccc3)c3nc(c(C4C=CC=C4CN(C)Cc4ccccc4)c4ccc1s4)C=C3)C=C2)Cc1ccccc1. The fourth-order valence-electron chi connectivity index (χ4n) is 9.88. The van der Waals surface area contributed by atoms with Crippen molar-refractivity contribution in [1.82, 2.24) is 19.8 Å². The molecule has 11 rings (SSSR count). The van der Waals surface area contributed by atoms with Crippen LogP contribution in [0.3, 0.4) is 0 Å². The van der Waals surface area contributed by atoms with Gasteiger partial charge in [-0.2, -0.15) is 0 Å². The molecule has 0 N–H and O–H groups in total. The molecule has 2 aliphatic carbocycles. The molecule has 66 heavy (non-hydrogen) atoms. The van der Waals surface area contributed by atoms with Crippen molar-refractivity contribution in [2.45, 2.75) is 24.9 Å². The smallest absolute Gasteiger partial charge is 0.0730 e. The molecule has 7 aromatic rings. The van der Waals surface area contributed by atoms with Crippen LogP contribution in [0, 0.1) is 0 Å². The number of rotatable bonds is 12. The van der Waals surface area contributed by atoms with E-state index in [1.165, 1.54) is 52.2 Å². The van der Waals surface area contributed by atoms with Gasteiger partial charge in [0.2, 0.25) is 0 Å². The predicted molar refractivity (Wildman–Crippen MR) is 282 cm³/mol. The third-order valence-corrected chi connectivity index (χ3v) is 15.1. The normalized spacial score (nSPS) is 16.2. The molecule has 0 fully saturated rings. The Balaban J connectivity index is 1.14. The van der Waals surface area contributed by atoms with Crippen molar-refractivity contribution in [3.63, 3.8) is 0 Å². The van der Waals surface area contributed by atoms with E-state index in [4.69, 9.17) is 9.97 Å². The number of hydrogen-bond acceptors (Lipinski definition) is 6. The first-order valence-electron chi connectivity index (χ1n) is 22.8. The Morgan fingerprint density at radius 3 is 1.20 bits per heavy atom. The molecular weight excluding hydrogens is 841 g/mol. The van der Waals surface area contributed by atoms with Crippen LogP contribution in [0.15, 0.2) is 193 Å². The number of nitrogens with zero attached hydrogens (tertiary/aromatic N) is 4. The maximum absolute atomic E-state index is 5.65. The second kappa shape index (κ2) is 18.6. The van der Waals surface area contributed by atoms with E-state index in [1.54, 1.807) is 0 Å². The van der Waals surface area contributed by atoms with Gasteiger partial charge in [-0.15, -0.1) is 22.7 Å². The van der Waals surface area contributed by atoms with E-state index in [0.29, 0.717) is 0 Å². The lowest BCUT2D eigenvalue weighted by atomic mass is 9.92. The fraction of sp³-hybridized carbons (Fsp3) is 0.133. The van der Waals surface area contributed by atoms with Crippen LogP contribution in [0.2, 0.25) is 0 Å². The Kier molecular flexibility index (Phi) is 11.8. The van der Waals surface area contributed by atoms with Crippen LogP contribution in [0.1, 0.15) is 56.9 Å². The molecule has 5 heterocycles. The van der Waals surface area contributed by atoms with Crippen molar-refractivity contribution in [3.8, 4) is 22.3 Å². The molecular formula is C60H50N4S2. The number of fused-ring (bicyclic) bond motifs is 8. The van der Waals surface area contributed by atoms with E-state index in [9.17, 15) is 0 Å². The summed E-state index contributed by atoms with van der Waals surface area (Å²) >= 11 is 3.69. The van der Waals surface area contributed by atoms with Gasteiger partial charge >= 0.3 is 0 Å². The number of aromatic nitrogens is 2. The Bertz CT molecular complexity index is 3060. The van der Waals surface area contributed by atoms with Gasteiger partial charge in [-0.25, -0.2) is 9.97 Å². The van der Waals surface area contributed by atoms with Crippen LogP contribution in [-0.4, -0.2) is 47.0 Å². The lowest BCUT2D eigenvalue weighted by molar-refractivity contribution is 0.351. The summed E-state index contributed by atoms with van der Waals surface area (Å²) in [6, 6.07) is 52.4. The quantitative estimate of drug-likeness (QED) is 0.122. The minimum Gasteiger partial charge on any atom is -0.298 e. The van der Waals surface area contributed by atoms with E-state index in [1.807, 2.05) is 22.7 Å². The lowest BCUT2D eigenvalue weighted by Crippen LogP contribution is -2.22. The van der Waals surface area contributed by atoms with Gasteiger partial charge in [-0.05, 0) is 96.1 Å². The predicted octanol–water partition coefficient (Wildman–Crippen LogP) is 14.9. The molecule has 0 spiro atoms. The molecule has 8 bridgehead atoms. The van der Waals surface area contributed by atoms with Gasteiger partial charge in [-0.3, -0.25) is 9.80 Å². The maximum atomic E-state index is 5.65. The highest BCUT2D eigenvalue weighted by atomic mass is 32.1. The highest BCUT2D eigenvalue weighted by Gasteiger charge is 2.28. The first-order chi connectivity index (χ1) is 32.5. The zero-order valence-corrected chi connectivity index (χ0v) is 38.9. The van der Waals surface area contributed by atoms with Crippen molar-refractivity contribution in [2.75, 3.05) is 27.2 Å². The zero-order chi connectivity index (χ0) is 44.4. The summed E-state index contributed by atoms with van der Waals surface area (Å²) in [5, 5.41) is 0. The van der Waals surface area contributed by atoms with Gasteiger partial charge in [0.1, 0.15) is 0 Å². The van der Waals surface area contributed by atoms with Crippen molar-refractivity contribution < 1.29 is 0 Å². The minimum absolute atomic E-state index is 0.0634. The summed E-state index contributed by atoms with van der Waals surface area (Å²) in [5.41, 5.74) is 16.4. The summed E-state index contributed by atoms with van der Waals surface area (Å²) in [7, 11) is 4.46. The number of hydrogen-bond donors (Lipinski definition) is 0. The van der Waals surface area contributed by atoms with E-state index < -0.39 is 0 Å². The second-order valence-corrected chi connectivity index (χ2v) is 19.8. The summed E-state index contributed by atoms with van der Waals surface area (Å²) in [4.78, 5) is 16.2. The van der Waals surface area contributed by atoms with E-state index in [2.05, 4.69) is 230 Å². The van der Waals surface area contributed by atoms with Gasteiger partial charge < -0.3 is 0 Å². The molecule has 2 aliphatic heterocycles. The Hall–Kier alpha value is -6.80. The summed E-state index contributed by atoms with van der Waals surface area (Å²) < 4.78 is 4.80. The van der Waals surface area contributed by atoms with Crippen molar-refractivity contribution in [1.29, 1.82) is 0 Å². The van der Waals surface area contributed by atoms with Crippen molar-refractivity contribution in [2.24, 2.45) is 0 Å². The average Bonchev–Trinajstić information content (AvgIpc) is 4.22. The van der Waals surface area contributed by atoms with Crippen LogP contribution in [0.25, 0.3) is 65.4 Å². The van der Waals surface area contributed by atoms with E-state index in [-0.39, 0.29) is 11.8 Å². The molecule has 2 unspecified atom stereocenters. The standard InChI is InChI=1S/C60H50N4S2/c1-63(37-41-17-7-3-8-18-41)39-45-25-15-27-47(45)59-51-31-29-49(61-51)57(43-21-11-5-12-22-43)53-33-34-54(65-53)58(44-23-13-6-14-24-44)50-30-32-52(62-50)60(56-36-35-55(59)66-56)48-28-16-26-46(48)40-64(2)38-42-19-9-4-10-20-42/h3-36,47-48H,37-40H2,1-2H3. The molecule has 322 valence electrons. The number of benzene rings is 4. The largest absolute Gasteiger partial charge is 0.298 e. The number of likely N-dealkylation sites (N-methyl/N-ethyl adjacent to an activating group) is 2. The molecule has 3 aromatic heterocycles.